The minimum atomic E-state index is -0.202. The first-order valence-corrected chi connectivity index (χ1v) is 7.54. The van der Waals surface area contributed by atoms with Gasteiger partial charge in [0.1, 0.15) is 0 Å². The van der Waals surface area contributed by atoms with Crippen LogP contribution in [0.25, 0.3) is 5.69 Å². The van der Waals surface area contributed by atoms with Crippen LogP contribution in [-0.4, -0.2) is 52.0 Å². The Labute approximate surface area is 133 Å². The summed E-state index contributed by atoms with van der Waals surface area (Å²) in [5.74, 6) is -0.480. The van der Waals surface area contributed by atoms with Gasteiger partial charge < -0.3 is 9.64 Å². The molecule has 0 unspecified atom stereocenters. The predicted octanol–water partition coefficient (Wildman–Crippen LogP) is 1.29. The molecule has 1 saturated heterocycles. The van der Waals surface area contributed by atoms with Gasteiger partial charge in [-0.05, 0) is 25.0 Å². The summed E-state index contributed by atoms with van der Waals surface area (Å²) >= 11 is 0. The summed E-state index contributed by atoms with van der Waals surface area (Å²) in [6, 6.07) is 9.42. The lowest BCUT2D eigenvalue weighted by molar-refractivity contribution is -0.146. The van der Waals surface area contributed by atoms with E-state index < -0.39 is 0 Å². The minimum absolute atomic E-state index is 0.121. The summed E-state index contributed by atoms with van der Waals surface area (Å²) in [5, 5.41) is 8.39. The number of esters is 1. The lowest BCUT2D eigenvalue weighted by Gasteiger charge is -2.30. The molecule has 0 aliphatic carbocycles. The molecule has 2 aromatic rings. The largest absolute Gasteiger partial charge is 0.469 e. The van der Waals surface area contributed by atoms with E-state index in [0.717, 1.165) is 5.69 Å². The summed E-state index contributed by atoms with van der Waals surface area (Å²) in [6.45, 7) is 1.05. The quantitative estimate of drug-likeness (QED) is 0.798. The van der Waals surface area contributed by atoms with Gasteiger partial charge in [0.25, 0.3) is 5.91 Å². The standard InChI is InChI=1S/C16H18N4O3/c1-23-16(22)12-7-9-19(10-8-12)15(21)14-11-17-20(18-14)13-5-3-2-4-6-13/h2-6,11-12H,7-10H2,1H3. The smallest absolute Gasteiger partial charge is 0.308 e. The van der Waals surface area contributed by atoms with E-state index in [0.29, 0.717) is 31.6 Å². The van der Waals surface area contributed by atoms with Crippen molar-refractivity contribution in [3.63, 3.8) is 0 Å². The number of rotatable bonds is 3. The van der Waals surface area contributed by atoms with Gasteiger partial charge in [-0.3, -0.25) is 9.59 Å². The first-order valence-electron chi connectivity index (χ1n) is 7.54. The Morgan fingerprint density at radius 3 is 2.52 bits per heavy atom. The fourth-order valence-corrected chi connectivity index (χ4v) is 2.69. The maximum absolute atomic E-state index is 12.5. The average molecular weight is 314 g/mol. The van der Waals surface area contributed by atoms with Crippen LogP contribution in [0.4, 0.5) is 0 Å². The average Bonchev–Trinajstić information content (AvgIpc) is 3.11. The number of hydrogen-bond donors (Lipinski definition) is 0. The molecule has 0 radical (unpaired) electrons. The number of piperidine rings is 1. The van der Waals surface area contributed by atoms with Crippen LogP contribution >= 0.6 is 0 Å². The molecule has 1 fully saturated rings. The van der Waals surface area contributed by atoms with Crippen molar-refractivity contribution in [1.82, 2.24) is 19.9 Å². The normalized spacial score (nSPS) is 15.4. The van der Waals surface area contributed by atoms with Crippen molar-refractivity contribution < 1.29 is 14.3 Å². The number of amides is 1. The third kappa shape index (κ3) is 3.23. The van der Waals surface area contributed by atoms with Gasteiger partial charge in [0.15, 0.2) is 5.69 Å². The highest BCUT2D eigenvalue weighted by Gasteiger charge is 2.29. The van der Waals surface area contributed by atoms with Gasteiger partial charge in [-0.15, -0.1) is 5.10 Å². The maximum Gasteiger partial charge on any atom is 0.308 e. The maximum atomic E-state index is 12.5. The van der Waals surface area contributed by atoms with Crippen LogP contribution in [0.2, 0.25) is 0 Å². The summed E-state index contributed by atoms with van der Waals surface area (Å²) in [7, 11) is 1.39. The van der Waals surface area contributed by atoms with E-state index in [-0.39, 0.29) is 17.8 Å². The zero-order valence-electron chi connectivity index (χ0n) is 12.9. The van der Waals surface area contributed by atoms with Crippen LogP contribution in [0.1, 0.15) is 23.3 Å². The van der Waals surface area contributed by atoms with E-state index in [1.165, 1.54) is 18.1 Å². The lowest BCUT2D eigenvalue weighted by Crippen LogP contribution is -2.40. The van der Waals surface area contributed by atoms with Gasteiger partial charge in [0, 0.05) is 13.1 Å². The third-order valence-corrected chi connectivity index (χ3v) is 4.01. The van der Waals surface area contributed by atoms with Crippen LogP contribution in [0, 0.1) is 5.92 Å². The topological polar surface area (TPSA) is 77.3 Å². The van der Waals surface area contributed by atoms with Gasteiger partial charge in [-0.2, -0.15) is 9.90 Å². The van der Waals surface area contributed by atoms with Gasteiger partial charge in [-0.25, -0.2) is 0 Å². The number of likely N-dealkylation sites (tertiary alicyclic amines) is 1. The second-order valence-corrected chi connectivity index (χ2v) is 5.44. The van der Waals surface area contributed by atoms with E-state index in [4.69, 9.17) is 4.74 Å². The lowest BCUT2D eigenvalue weighted by atomic mass is 9.97. The molecular weight excluding hydrogens is 296 g/mol. The third-order valence-electron chi connectivity index (χ3n) is 4.01. The monoisotopic (exact) mass is 314 g/mol. The number of hydrogen-bond acceptors (Lipinski definition) is 5. The number of benzene rings is 1. The Balaban J connectivity index is 1.66. The molecule has 1 amide bonds. The Kier molecular flexibility index (Phi) is 4.36. The first-order chi connectivity index (χ1) is 11.2. The molecule has 120 valence electrons. The SMILES string of the molecule is COC(=O)C1CCN(C(=O)c2cnn(-c3ccccc3)n2)CC1. The number of nitrogens with zero attached hydrogens (tertiary/aromatic N) is 4. The van der Waals surface area contributed by atoms with E-state index in [1.807, 2.05) is 30.3 Å². The van der Waals surface area contributed by atoms with Gasteiger partial charge in [0.05, 0.1) is 24.9 Å². The molecule has 1 aromatic heterocycles. The molecule has 0 bridgehead atoms. The Morgan fingerprint density at radius 2 is 1.87 bits per heavy atom. The minimum Gasteiger partial charge on any atom is -0.469 e. The number of methoxy groups -OCH3 is 1. The van der Waals surface area contributed by atoms with Crippen LogP contribution < -0.4 is 0 Å². The van der Waals surface area contributed by atoms with Crippen molar-refractivity contribution in [3.05, 3.63) is 42.2 Å². The molecule has 0 saturated carbocycles. The van der Waals surface area contributed by atoms with Gasteiger partial charge in [-0.1, -0.05) is 18.2 Å². The van der Waals surface area contributed by atoms with Crippen molar-refractivity contribution in [3.8, 4) is 5.69 Å². The van der Waals surface area contributed by atoms with Crippen LogP contribution in [0.3, 0.4) is 0 Å². The fraction of sp³-hybridized carbons (Fsp3) is 0.375. The number of ether oxygens (including phenoxy) is 1. The predicted molar refractivity (Wildman–Crippen MR) is 82.0 cm³/mol. The van der Waals surface area contributed by atoms with E-state index in [2.05, 4.69) is 10.2 Å². The number of aromatic nitrogens is 3. The van der Waals surface area contributed by atoms with Gasteiger partial charge >= 0.3 is 5.97 Å². The van der Waals surface area contributed by atoms with Gasteiger partial charge in [0.2, 0.25) is 0 Å². The second-order valence-electron chi connectivity index (χ2n) is 5.44. The molecule has 1 aromatic carbocycles. The Morgan fingerprint density at radius 1 is 1.17 bits per heavy atom. The molecule has 0 spiro atoms. The van der Waals surface area contributed by atoms with E-state index in [1.54, 1.807) is 4.90 Å². The van der Waals surface area contributed by atoms with Crippen LogP contribution in [0.5, 0.6) is 0 Å². The Hall–Kier alpha value is -2.70. The van der Waals surface area contributed by atoms with Crippen molar-refractivity contribution in [2.24, 2.45) is 5.92 Å². The molecular formula is C16H18N4O3. The number of para-hydroxylation sites is 1. The molecule has 0 atom stereocenters. The second kappa shape index (κ2) is 6.60. The Bertz CT molecular complexity index is 690. The zero-order valence-corrected chi connectivity index (χ0v) is 12.9. The summed E-state index contributed by atoms with van der Waals surface area (Å²) in [4.78, 5) is 27.2. The summed E-state index contributed by atoms with van der Waals surface area (Å²) in [6.07, 6.45) is 2.71. The van der Waals surface area contributed by atoms with Crippen molar-refractivity contribution in [2.45, 2.75) is 12.8 Å². The molecule has 23 heavy (non-hydrogen) atoms. The fourth-order valence-electron chi connectivity index (χ4n) is 2.69. The van der Waals surface area contributed by atoms with Crippen LogP contribution in [0.15, 0.2) is 36.5 Å². The zero-order chi connectivity index (χ0) is 16.2. The first kappa shape index (κ1) is 15.2. The molecule has 1 aliphatic heterocycles. The number of carbonyl (C=O) groups is 2. The number of carbonyl (C=O) groups excluding carboxylic acids is 2. The van der Waals surface area contributed by atoms with Crippen molar-refractivity contribution >= 4 is 11.9 Å². The van der Waals surface area contributed by atoms with Crippen molar-refractivity contribution in [1.29, 1.82) is 0 Å². The van der Waals surface area contributed by atoms with Crippen molar-refractivity contribution in [2.75, 3.05) is 20.2 Å². The molecule has 1 aliphatic rings. The highest BCUT2D eigenvalue weighted by atomic mass is 16.5. The van der Waals surface area contributed by atoms with E-state index >= 15 is 0 Å². The van der Waals surface area contributed by atoms with Crippen LogP contribution in [-0.2, 0) is 9.53 Å². The molecule has 7 nitrogen and oxygen atoms in total. The highest BCUT2D eigenvalue weighted by molar-refractivity contribution is 5.92. The summed E-state index contributed by atoms with van der Waals surface area (Å²) in [5.41, 5.74) is 1.11. The molecule has 0 N–H and O–H groups in total. The molecule has 3 rings (SSSR count). The summed E-state index contributed by atoms with van der Waals surface area (Å²) < 4.78 is 4.75. The molecule has 7 heteroatoms. The molecule has 2 heterocycles. The highest BCUT2D eigenvalue weighted by Crippen LogP contribution is 2.19. The van der Waals surface area contributed by atoms with E-state index in [9.17, 15) is 9.59 Å².